The summed E-state index contributed by atoms with van der Waals surface area (Å²) in [6.07, 6.45) is 2.53. The van der Waals surface area contributed by atoms with Crippen molar-refractivity contribution in [2.24, 2.45) is 5.41 Å². The molecule has 2 heterocycles. The van der Waals surface area contributed by atoms with Crippen LogP contribution >= 0.6 is 0 Å². The highest BCUT2D eigenvalue weighted by Crippen LogP contribution is 2.35. The fraction of sp³-hybridized carbons (Fsp3) is 0.625. The van der Waals surface area contributed by atoms with Gasteiger partial charge in [0.15, 0.2) is 11.5 Å². The second-order valence-corrected chi connectivity index (χ2v) is 6.37. The lowest BCUT2D eigenvalue weighted by molar-refractivity contribution is 0.136. The fourth-order valence-electron chi connectivity index (χ4n) is 2.96. The Bertz CT molecular complexity index is 468. The maximum atomic E-state index is 5.54. The van der Waals surface area contributed by atoms with Crippen molar-refractivity contribution in [2.45, 2.75) is 26.3 Å². The number of hydrogen-bond acceptors (Lipinski definition) is 4. The normalized spacial score (nSPS) is 21.1. The van der Waals surface area contributed by atoms with Crippen LogP contribution in [0.15, 0.2) is 18.2 Å². The quantitative estimate of drug-likeness (QED) is 0.914. The highest BCUT2D eigenvalue weighted by Gasteiger charge is 2.28. The zero-order chi connectivity index (χ0) is 14.0. The van der Waals surface area contributed by atoms with E-state index in [1.54, 1.807) is 0 Å². The lowest BCUT2D eigenvalue weighted by atomic mass is 9.80. The molecule has 1 saturated heterocycles. The van der Waals surface area contributed by atoms with Gasteiger partial charge in [0.2, 0.25) is 6.79 Å². The van der Waals surface area contributed by atoms with Crippen LogP contribution in [-0.2, 0) is 6.54 Å². The number of rotatable bonds is 4. The fourth-order valence-corrected chi connectivity index (χ4v) is 2.96. The number of nitrogens with zero attached hydrogens (tertiary/aromatic N) is 1. The van der Waals surface area contributed by atoms with E-state index in [2.05, 4.69) is 30.3 Å². The molecule has 4 heteroatoms. The van der Waals surface area contributed by atoms with Crippen LogP contribution in [0.2, 0.25) is 0 Å². The lowest BCUT2D eigenvalue weighted by Gasteiger charge is -2.38. The molecule has 0 spiro atoms. The summed E-state index contributed by atoms with van der Waals surface area (Å²) >= 11 is 0. The number of fused-ring (bicyclic) bond motifs is 1. The average molecular weight is 276 g/mol. The highest BCUT2D eigenvalue weighted by molar-refractivity contribution is 5.48. The third-order valence-electron chi connectivity index (χ3n) is 4.54. The Morgan fingerprint density at radius 1 is 1.25 bits per heavy atom. The van der Waals surface area contributed by atoms with E-state index < -0.39 is 0 Å². The van der Waals surface area contributed by atoms with E-state index in [4.69, 9.17) is 9.47 Å². The predicted octanol–water partition coefficient (Wildman–Crippen LogP) is 2.24. The average Bonchev–Trinajstić information content (AvgIpc) is 2.92. The molecule has 2 aliphatic rings. The smallest absolute Gasteiger partial charge is 0.231 e. The van der Waals surface area contributed by atoms with Crippen molar-refractivity contribution in [3.8, 4) is 11.5 Å². The largest absolute Gasteiger partial charge is 0.454 e. The Morgan fingerprint density at radius 2 is 2.05 bits per heavy atom. The molecule has 4 nitrogen and oxygen atoms in total. The predicted molar refractivity (Wildman–Crippen MR) is 79.1 cm³/mol. The third kappa shape index (κ3) is 2.91. The molecule has 1 N–H and O–H groups in total. The van der Waals surface area contributed by atoms with E-state index in [0.29, 0.717) is 12.2 Å². The lowest BCUT2D eigenvalue weighted by Crippen LogP contribution is -2.41. The van der Waals surface area contributed by atoms with Gasteiger partial charge in [-0.15, -0.1) is 0 Å². The number of hydrogen-bond donors (Lipinski definition) is 1. The van der Waals surface area contributed by atoms with Crippen LogP contribution in [0.3, 0.4) is 0 Å². The van der Waals surface area contributed by atoms with Gasteiger partial charge < -0.3 is 19.7 Å². The SMILES string of the molecule is CN1CCC(C)(CNCc2cccc3c2OCO3)CC1. The van der Waals surface area contributed by atoms with Crippen LogP contribution in [0, 0.1) is 5.41 Å². The zero-order valence-electron chi connectivity index (χ0n) is 12.4. The molecule has 0 amide bonds. The topological polar surface area (TPSA) is 33.7 Å². The molecule has 1 aromatic rings. The molecule has 1 fully saturated rings. The van der Waals surface area contributed by atoms with Crippen molar-refractivity contribution in [1.29, 1.82) is 0 Å². The Kier molecular flexibility index (Phi) is 3.85. The number of benzene rings is 1. The van der Waals surface area contributed by atoms with Gasteiger partial charge in [-0.1, -0.05) is 19.1 Å². The first-order valence-corrected chi connectivity index (χ1v) is 7.43. The Labute approximate surface area is 121 Å². The summed E-state index contributed by atoms with van der Waals surface area (Å²) < 4.78 is 11.0. The van der Waals surface area contributed by atoms with Crippen molar-refractivity contribution in [1.82, 2.24) is 10.2 Å². The van der Waals surface area contributed by atoms with Gasteiger partial charge in [-0.05, 0) is 44.5 Å². The highest BCUT2D eigenvalue weighted by atomic mass is 16.7. The van der Waals surface area contributed by atoms with Gasteiger partial charge >= 0.3 is 0 Å². The molecule has 1 aromatic carbocycles. The second-order valence-electron chi connectivity index (χ2n) is 6.37. The molecule has 2 aliphatic heterocycles. The van der Waals surface area contributed by atoms with Gasteiger partial charge in [-0.2, -0.15) is 0 Å². The molecule has 0 bridgehead atoms. The van der Waals surface area contributed by atoms with Crippen molar-refractivity contribution >= 4 is 0 Å². The van der Waals surface area contributed by atoms with Crippen LogP contribution in [0.25, 0.3) is 0 Å². The number of likely N-dealkylation sites (tertiary alicyclic amines) is 1. The van der Waals surface area contributed by atoms with E-state index in [-0.39, 0.29) is 0 Å². The van der Waals surface area contributed by atoms with Crippen LogP contribution in [0.1, 0.15) is 25.3 Å². The first-order valence-electron chi connectivity index (χ1n) is 7.43. The summed E-state index contributed by atoms with van der Waals surface area (Å²) in [4.78, 5) is 2.41. The standard InChI is InChI=1S/C16H24N2O2/c1-16(6-8-18(2)9-7-16)11-17-10-13-4-3-5-14-15(13)20-12-19-14/h3-5,17H,6-12H2,1-2H3. The van der Waals surface area contributed by atoms with Gasteiger partial charge in [0, 0.05) is 18.7 Å². The maximum Gasteiger partial charge on any atom is 0.231 e. The van der Waals surface area contributed by atoms with Crippen LogP contribution in [0.5, 0.6) is 11.5 Å². The molecule has 0 radical (unpaired) electrons. The molecular formula is C16H24N2O2. The molecule has 110 valence electrons. The van der Waals surface area contributed by atoms with Gasteiger partial charge in [0.25, 0.3) is 0 Å². The van der Waals surface area contributed by atoms with Crippen molar-refractivity contribution in [3.05, 3.63) is 23.8 Å². The zero-order valence-corrected chi connectivity index (χ0v) is 12.4. The minimum Gasteiger partial charge on any atom is -0.454 e. The van der Waals surface area contributed by atoms with Gasteiger partial charge in [0.05, 0.1) is 0 Å². The number of para-hydroxylation sites is 1. The molecular weight excluding hydrogens is 252 g/mol. The van der Waals surface area contributed by atoms with Crippen LogP contribution in [0.4, 0.5) is 0 Å². The van der Waals surface area contributed by atoms with Gasteiger partial charge in [-0.3, -0.25) is 0 Å². The minimum atomic E-state index is 0.344. The van der Waals surface area contributed by atoms with Crippen LogP contribution < -0.4 is 14.8 Å². The molecule has 3 rings (SSSR count). The number of piperidine rings is 1. The van der Waals surface area contributed by atoms with E-state index in [1.165, 1.54) is 31.5 Å². The summed E-state index contributed by atoms with van der Waals surface area (Å²) in [5.74, 6) is 1.78. The summed E-state index contributed by atoms with van der Waals surface area (Å²) in [6.45, 7) is 7.05. The molecule has 0 aromatic heterocycles. The summed E-state index contributed by atoms with van der Waals surface area (Å²) in [5.41, 5.74) is 1.61. The maximum absolute atomic E-state index is 5.54. The first-order chi connectivity index (χ1) is 9.66. The Hall–Kier alpha value is -1.26. The van der Waals surface area contributed by atoms with E-state index in [9.17, 15) is 0 Å². The molecule has 0 saturated carbocycles. The van der Waals surface area contributed by atoms with E-state index >= 15 is 0 Å². The monoisotopic (exact) mass is 276 g/mol. The molecule has 20 heavy (non-hydrogen) atoms. The van der Waals surface area contributed by atoms with Gasteiger partial charge in [-0.25, -0.2) is 0 Å². The van der Waals surface area contributed by atoms with Crippen molar-refractivity contribution in [2.75, 3.05) is 33.5 Å². The number of ether oxygens (including phenoxy) is 2. The first kappa shape index (κ1) is 13.7. The second kappa shape index (κ2) is 5.62. The van der Waals surface area contributed by atoms with E-state index in [1.807, 2.05) is 12.1 Å². The molecule has 0 aliphatic carbocycles. The Morgan fingerprint density at radius 3 is 2.85 bits per heavy atom. The summed E-state index contributed by atoms with van der Waals surface area (Å²) in [6, 6.07) is 6.10. The minimum absolute atomic E-state index is 0.344. The molecule has 0 unspecified atom stereocenters. The van der Waals surface area contributed by atoms with Crippen molar-refractivity contribution in [3.63, 3.8) is 0 Å². The van der Waals surface area contributed by atoms with Crippen molar-refractivity contribution < 1.29 is 9.47 Å². The summed E-state index contributed by atoms with van der Waals surface area (Å²) in [5, 5.41) is 3.60. The molecule has 0 atom stereocenters. The number of nitrogens with one attached hydrogen (secondary N) is 1. The van der Waals surface area contributed by atoms with E-state index in [0.717, 1.165) is 24.6 Å². The summed E-state index contributed by atoms with van der Waals surface area (Å²) in [7, 11) is 2.21. The Balaban J connectivity index is 1.54. The van der Waals surface area contributed by atoms with Crippen LogP contribution in [-0.4, -0.2) is 38.4 Å². The van der Waals surface area contributed by atoms with Gasteiger partial charge in [0.1, 0.15) is 0 Å². The third-order valence-corrected chi connectivity index (χ3v) is 4.54.